The van der Waals surface area contributed by atoms with Crippen LogP contribution < -0.4 is 15.7 Å². The van der Waals surface area contributed by atoms with Gasteiger partial charge in [-0.15, -0.1) is 0 Å². The van der Waals surface area contributed by atoms with Gasteiger partial charge in [0.2, 0.25) is 0 Å². The first-order valence-corrected chi connectivity index (χ1v) is 10.4. The highest BCUT2D eigenvalue weighted by atomic mass is 35.5. The number of rotatable bonds is 8. The highest BCUT2D eigenvalue weighted by Gasteiger charge is 2.16. The minimum Gasteiger partial charge on any atom is -0.444 e. The summed E-state index contributed by atoms with van der Waals surface area (Å²) in [6, 6.07) is 4.58. The third kappa shape index (κ3) is 7.37. The summed E-state index contributed by atoms with van der Waals surface area (Å²) in [7, 11) is 0. The van der Waals surface area contributed by atoms with Crippen LogP contribution >= 0.6 is 11.6 Å². The minimum absolute atomic E-state index is 0.0741. The van der Waals surface area contributed by atoms with Crippen molar-refractivity contribution in [1.82, 2.24) is 5.32 Å². The van der Waals surface area contributed by atoms with Crippen LogP contribution in [0.3, 0.4) is 0 Å². The van der Waals surface area contributed by atoms with E-state index in [2.05, 4.69) is 12.2 Å². The molecule has 0 aliphatic rings. The Kier molecular flexibility index (Phi) is 8.29. The zero-order valence-corrected chi connectivity index (χ0v) is 18.6. The van der Waals surface area contributed by atoms with Gasteiger partial charge in [-0.3, -0.25) is 4.79 Å². The van der Waals surface area contributed by atoms with Crippen LogP contribution in [-0.4, -0.2) is 24.2 Å². The molecule has 1 aromatic heterocycles. The van der Waals surface area contributed by atoms with E-state index in [1.165, 1.54) is 12.1 Å². The number of fused-ring (bicyclic) bond motifs is 1. The second kappa shape index (κ2) is 10.5. The lowest BCUT2D eigenvalue weighted by Gasteiger charge is -2.19. The summed E-state index contributed by atoms with van der Waals surface area (Å²) in [5.41, 5.74) is 0.145. The lowest BCUT2D eigenvalue weighted by molar-refractivity contribution is -0.134. The molecule has 0 saturated heterocycles. The van der Waals surface area contributed by atoms with E-state index in [0.717, 1.165) is 30.2 Å². The molecule has 0 aliphatic carbocycles. The first kappa shape index (κ1) is 23.7. The van der Waals surface area contributed by atoms with Crippen molar-refractivity contribution in [3.05, 3.63) is 39.2 Å². The maximum absolute atomic E-state index is 12.1. The van der Waals surface area contributed by atoms with Gasteiger partial charge in [0, 0.05) is 30.5 Å². The van der Waals surface area contributed by atoms with Crippen molar-refractivity contribution in [1.29, 1.82) is 0 Å². The number of esters is 1. The summed E-state index contributed by atoms with van der Waals surface area (Å²) in [4.78, 5) is 35.6. The third-order valence-electron chi connectivity index (χ3n) is 4.13. The lowest BCUT2D eigenvalue weighted by atomic mass is 10.0. The molecule has 30 heavy (non-hydrogen) atoms. The number of halogens is 1. The van der Waals surface area contributed by atoms with Gasteiger partial charge in [-0.2, -0.15) is 0 Å². The predicted octanol–water partition coefficient (Wildman–Crippen LogP) is 5.00. The van der Waals surface area contributed by atoms with E-state index in [1.807, 2.05) is 0 Å². The first-order chi connectivity index (χ1) is 14.1. The van der Waals surface area contributed by atoms with Crippen LogP contribution in [0.5, 0.6) is 5.75 Å². The van der Waals surface area contributed by atoms with Gasteiger partial charge in [0.1, 0.15) is 11.2 Å². The van der Waals surface area contributed by atoms with Gasteiger partial charge in [0.05, 0.1) is 5.02 Å². The van der Waals surface area contributed by atoms with E-state index in [9.17, 15) is 14.4 Å². The van der Waals surface area contributed by atoms with E-state index >= 15 is 0 Å². The van der Waals surface area contributed by atoms with E-state index in [1.54, 1.807) is 26.8 Å². The van der Waals surface area contributed by atoms with Crippen LogP contribution in [0.2, 0.25) is 5.02 Å². The monoisotopic (exact) mass is 437 g/mol. The number of hydrogen-bond acceptors (Lipinski definition) is 6. The van der Waals surface area contributed by atoms with Crippen LogP contribution in [0.4, 0.5) is 4.79 Å². The van der Waals surface area contributed by atoms with Gasteiger partial charge >= 0.3 is 17.7 Å². The number of amides is 1. The topological polar surface area (TPSA) is 94.8 Å². The molecule has 1 N–H and O–H groups in total. The van der Waals surface area contributed by atoms with E-state index < -0.39 is 23.3 Å². The quantitative estimate of drug-likeness (QED) is 0.270. The zero-order valence-electron chi connectivity index (χ0n) is 17.8. The fraction of sp³-hybridized carbons (Fsp3) is 0.500. The van der Waals surface area contributed by atoms with Crippen molar-refractivity contribution in [3.8, 4) is 5.75 Å². The highest BCUT2D eigenvalue weighted by molar-refractivity contribution is 6.33. The molecule has 0 radical (unpaired) electrons. The fourth-order valence-electron chi connectivity index (χ4n) is 2.79. The molecule has 1 amide bonds. The van der Waals surface area contributed by atoms with Gasteiger partial charge in [-0.25, -0.2) is 9.59 Å². The van der Waals surface area contributed by atoms with Crippen LogP contribution in [0.15, 0.2) is 27.4 Å². The molecule has 164 valence electrons. The minimum atomic E-state index is -0.582. The van der Waals surface area contributed by atoms with Crippen LogP contribution in [0.1, 0.15) is 58.9 Å². The summed E-state index contributed by atoms with van der Waals surface area (Å²) in [5.74, 6) is -0.378. The molecular formula is C22H28ClNO6. The molecule has 2 aromatic rings. The van der Waals surface area contributed by atoms with Crippen molar-refractivity contribution in [2.75, 3.05) is 6.54 Å². The Balaban J connectivity index is 1.98. The number of aryl methyl sites for hydroxylation is 1. The average Bonchev–Trinajstić information content (AvgIpc) is 2.63. The molecule has 1 heterocycles. The summed E-state index contributed by atoms with van der Waals surface area (Å²) in [6.45, 7) is 7.65. The van der Waals surface area contributed by atoms with E-state index in [0.29, 0.717) is 12.0 Å². The maximum atomic E-state index is 12.1. The molecule has 1 aromatic carbocycles. The molecule has 0 bridgehead atoms. The Morgan fingerprint density at radius 3 is 2.57 bits per heavy atom. The third-order valence-corrected chi connectivity index (χ3v) is 4.43. The van der Waals surface area contributed by atoms with Gasteiger partial charge in [-0.1, -0.05) is 24.9 Å². The number of unbranched alkanes of at least 4 members (excludes halogenated alkanes) is 1. The number of carbonyl (C=O) groups is 2. The molecular weight excluding hydrogens is 410 g/mol. The second-order valence-corrected chi connectivity index (χ2v) is 8.39. The smallest absolute Gasteiger partial charge is 0.407 e. The van der Waals surface area contributed by atoms with Gasteiger partial charge in [0.25, 0.3) is 0 Å². The zero-order chi connectivity index (χ0) is 22.3. The molecule has 8 heteroatoms. The predicted molar refractivity (Wildman–Crippen MR) is 115 cm³/mol. The Labute approximate surface area is 180 Å². The Morgan fingerprint density at radius 1 is 1.17 bits per heavy atom. The molecule has 0 atom stereocenters. The average molecular weight is 438 g/mol. The summed E-state index contributed by atoms with van der Waals surface area (Å²) < 4.78 is 15.7. The van der Waals surface area contributed by atoms with Gasteiger partial charge in [0.15, 0.2) is 5.75 Å². The summed E-state index contributed by atoms with van der Waals surface area (Å²) >= 11 is 6.29. The normalized spacial score (nSPS) is 11.4. The molecule has 7 nitrogen and oxygen atoms in total. The van der Waals surface area contributed by atoms with Crippen molar-refractivity contribution in [2.24, 2.45) is 0 Å². The maximum Gasteiger partial charge on any atom is 0.407 e. The van der Waals surface area contributed by atoms with E-state index in [-0.39, 0.29) is 23.7 Å². The molecule has 2 rings (SSSR count). The number of benzene rings is 1. The van der Waals surface area contributed by atoms with Crippen molar-refractivity contribution >= 4 is 34.6 Å². The number of ether oxygens (including phenoxy) is 2. The van der Waals surface area contributed by atoms with Crippen LogP contribution in [-0.2, 0) is 16.0 Å². The molecule has 0 spiro atoms. The summed E-state index contributed by atoms with van der Waals surface area (Å²) in [5, 5.41) is 3.57. The SMILES string of the molecule is CCCCc1cc(=O)oc2cc(OC(=O)CCCNC(=O)OC(C)(C)C)c(Cl)cc12. The number of hydrogen-bond donors (Lipinski definition) is 1. The standard InChI is InChI=1S/C22H28ClNO6/c1-5-6-8-14-11-20(26)28-17-13-18(16(23)12-15(14)17)29-19(25)9-7-10-24-21(27)30-22(2,3)4/h11-13H,5-10H2,1-4H3,(H,24,27). The van der Waals surface area contributed by atoms with Crippen LogP contribution in [0.25, 0.3) is 11.0 Å². The fourth-order valence-corrected chi connectivity index (χ4v) is 2.99. The molecule has 0 saturated carbocycles. The number of nitrogens with one attached hydrogen (secondary N) is 1. The molecule has 0 unspecified atom stereocenters. The summed E-state index contributed by atoms with van der Waals surface area (Å²) in [6.07, 6.45) is 2.57. The van der Waals surface area contributed by atoms with Crippen molar-refractivity contribution in [2.45, 2.75) is 65.4 Å². The van der Waals surface area contributed by atoms with Crippen molar-refractivity contribution in [3.63, 3.8) is 0 Å². The number of alkyl carbamates (subject to hydrolysis) is 1. The Hall–Kier alpha value is -2.54. The van der Waals surface area contributed by atoms with Crippen LogP contribution in [0, 0.1) is 0 Å². The van der Waals surface area contributed by atoms with Crippen molar-refractivity contribution < 1.29 is 23.5 Å². The number of carbonyl (C=O) groups excluding carboxylic acids is 2. The molecule has 0 aliphatic heterocycles. The lowest BCUT2D eigenvalue weighted by Crippen LogP contribution is -2.33. The van der Waals surface area contributed by atoms with Gasteiger partial charge < -0.3 is 19.2 Å². The van der Waals surface area contributed by atoms with E-state index in [4.69, 9.17) is 25.5 Å². The molecule has 0 fully saturated rings. The highest BCUT2D eigenvalue weighted by Crippen LogP contribution is 2.32. The second-order valence-electron chi connectivity index (χ2n) is 7.98. The Bertz CT molecular complexity index is 960. The van der Waals surface area contributed by atoms with Gasteiger partial charge in [-0.05, 0) is 51.7 Å². The first-order valence-electron chi connectivity index (χ1n) is 10.0. The Morgan fingerprint density at radius 2 is 1.90 bits per heavy atom. The largest absolute Gasteiger partial charge is 0.444 e.